The van der Waals surface area contributed by atoms with Crippen molar-refractivity contribution in [2.24, 2.45) is 0 Å². The fraction of sp³-hybridized carbons (Fsp3) is 1.00. The van der Waals surface area contributed by atoms with Gasteiger partial charge in [0.05, 0.1) is 24.6 Å². The molecule has 0 bridgehead atoms. The Bertz CT molecular complexity index is 352. The third kappa shape index (κ3) is 30.7. The summed E-state index contributed by atoms with van der Waals surface area (Å²) < 4.78 is 59.2. The van der Waals surface area contributed by atoms with E-state index in [4.69, 9.17) is 0 Å². The maximum absolute atomic E-state index is 10.7. The molecule has 0 rings (SSSR count). The number of rotatable bonds is 17. The van der Waals surface area contributed by atoms with Crippen LogP contribution in [0.15, 0.2) is 0 Å². The Morgan fingerprint density at radius 1 is 0.414 bits per heavy atom. The average molecular weight is 475 g/mol. The predicted molar refractivity (Wildman–Crippen MR) is 123 cm³/mol. The summed E-state index contributed by atoms with van der Waals surface area (Å²) in [7, 11) is -11.2. The van der Waals surface area contributed by atoms with Crippen LogP contribution >= 0.6 is 15.1 Å². The van der Waals surface area contributed by atoms with Gasteiger partial charge in [0.2, 0.25) is 0 Å². The van der Waals surface area contributed by atoms with Gasteiger partial charge in [0.15, 0.2) is 0 Å². The Kier molecular flexibility index (Phi) is 15.8. The second-order valence-corrected chi connectivity index (χ2v) is 14.8. The molecule has 0 nitrogen and oxygen atoms in total. The van der Waals surface area contributed by atoms with Crippen LogP contribution in [0.5, 0.6) is 0 Å². The summed E-state index contributed by atoms with van der Waals surface area (Å²) >= 11 is 0. The van der Waals surface area contributed by atoms with Crippen LogP contribution in [0.1, 0.15) is 111 Å². The molecular weight excluding hydrogens is 428 g/mol. The molecule has 8 heteroatoms. The Morgan fingerprint density at radius 3 is 0.966 bits per heavy atom. The SMILES string of the molecule is CCCCCCCCCCCC[P+](CCC)(CCC)CCC.F[P-](F)(F)(F)(F)F. The van der Waals surface area contributed by atoms with E-state index in [9.17, 15) is 25.2 Å². The van der Waals surface area contributed by atoms with Crippen molar-refractivity contribution in [3.8, 4) is 0 Å². The third-order valence-corrected chi connectivity index (χ3v) is 10.5. The number of hydrogen-bond donors (Lipinski definition) is 0. The van der Waals surface area contributed by atoms with Crippen LogP contribution in [-0.2, 0) is 0 Å². The van der Waals surface area contributed by atoms with Crippen molar-refractivity contribution < 1.29 is 25.2 Å². The summed E-state index contributed by atoms with van der Waals surface area (Å²) in [6.45, 7) is 9.51. The zero-order chi connectivity index (χ0) is 22.9. The van der Waals surface area contributed by atoms with Crippen LogP contribution < -0.4 is 0 Å². The van der Waals surface area contributed by atoms with Crippen LogP contribution in [0.2, 0.25) is 0 Å². The van der Waals surface area contributed by atoms with E-state index in [1.807, 2.05) is 0 Å². The molecule has 0 radical (unpaired) electrons. The van der Waals surface area contributed by atoms with Gasteiger partial charge in [-0.15, -0.1) is 0 Å². The van der Waals surface area contributed by atoms with E-state index in [2.05, 4.69) is 27.7 Å². The first kappa shape index (κ1) is 31.6. The average Bonchev–Trinajstić information content (AvgIpc) is 2.54. The van der Waals surface area contributed by atoms with Gasteiger partial charge < -0.3 is 0 Å². The molecule has 29 heavy (non-hydrogen) atoms. The third-order valence-electron chi connectivity index (χ3n) is 5.08. The molecule has 0 aromatic carbocycles. The van der Waals surface area contributed by atoms with Crippen LogP contribution in [0.4, 0.5) is 25.2 Å². The molecule has 0 saturated heterocycles. The van der Waals surface area contributed by atoms with E-state index in [1.165, 1.54) is 83.5 Å². The van der Waals surface area contributed by atoms with Gasteiger partial charge >= 0.3 is 33.0 Å². The fourth-order valence-corrected chi connectivity index (χ4v) is 9.11. The second kappa shape index (κ2) is 14.5. The molecule has 182 valence electrons. The molecule has 0 spiro atoms. The van der Waals surface area contributed by atoms with Crippen LogP contribution in [0.3, 0.4) is 0 Å². The van der Waals surface area contributed by atoms with Crippen molar-refractivity contribution in [3.63, 3.8) is 0 Å². The van der Waals surface area contributed by atoms with Crippen molar-refractivity contribution in [1.29, 1.82) is 0 Å². The minimum absolute atomic E-state index is 0.570. The Labute approximate surface area is 176 Å². The van der Waals surface area contributed by atoms with Crippen LogP contribution in [-0.4, -0.2) is 24.6 Å². The Hall–Kier alpha value is 0.440. The number of halogens is 6. The predicted octanol–water partition coefficient (Wildman–Crippen LogP) is 11.5. The van der Waals surface area contributed by atoms with Crippen molar-refractivity contribution in [2.45, 2.75) is 111 Å². The van der Waals surface area contributed by atoms with Gasteiger partial charge in [-0.05, 0) is 32.1 Å². The standard InChI is InChI=1S/C21H46P.F6P/c1-5-9-10-11-12-13-14-15-16-17-21-22(18-6-2,19-7-3)20-8-4;1-7(2,3,4,5)6/h5-21H2,1-4H3;/q+1;-1. The molecule has 0 atom stereocenters. The van der Waals surface area contributed by atoms with Crippen molar-refractivity contribution >= 4 is 15.1 Å². The summed E-state index contributed by atoms with van der Waals surface area (Å²) in [5.41, 5.74) is 0. The molecular formula is C21H46F6P2. The molecule has 0 fully saturated rings. The number of unbranched alkanes of at least 4 members (excludes halogenated alkanes) is 9. The zero-order valence-electron chi connectivity index (χ0n) is 19.2. The quantitative estimate of drug-likeness (QED) is 0.112. The Balaban J connectivity index is 0. The van der Waals surface area contributed by atoms with Gasteiger partial charge in [0.25, 0.3) is 0 Å². The Morgan fingerprint density at radius 2 is 0.690 bits per heavy atom. The molecule has 0 saturated carbocycles. The normalized spacial score (nSPS) is 14.7. The maximum atomic E-state index is 9.87. The van der Waals surface area contributed by atoms with E-state index >= 15 is 0 Å². The summed E-state index contributed by atoms with van der Waals surface area (Å²) in [5.74, 6) is 0. The van der Waals surface area contributed by atoms with Gasteiger partial charge in [-0.2, -0.15) is 0 Å². The van der Waals surface area contributed by atoms with Crippen molar-refractivity contribution in [3.05, 3.63) is 0 Å². The van der Waals surface area contributed by atoms with Gasteiger partial charge in [-0.3, -0.25) is 0 Å². The van der Waals surface area contributed by atoms with Gasteiger partial charge in [-0.25, -0.2) is 0 Å². The van der Waals surface area contributed by atoms with Crippen molar-refractivity contribution in [2.75, 3.05) is 24.6 Å². The molecule has 0 amide bonds. The van der Waals surface area contributed by atoms with E-state index < -0.39 is 15.1 Å². The minimum atomic E-state index is -10.7. The molecule has 0 aromatic heterocycles. The number of hydrogen-bond acceptors (Lipinski definition) is 0. The van der Waals surface area contributed by atoms with E-state index in [1.54, 1.807) is 24.6 Å². The molecule has 0 aliphatic carbocycles. The summed E-state index contributed by atoms with van der Waals surface area (Å²) in [6, 6.07) is 0. The first-order chi connectivity index (χ1) is 13.2. The topological polar surface area (TPSA) is 0 Å². The van der Waals surface area contributed by atoms with Gasteiger partial charge in [0.1, 0.15) is 0 Å². The first-order valence-corrected chi connectivity index (χ1v) is 16.2. The fourth-order valence-electron chi connectivity index (χ4n) is 4.03. The summed E-state index contributed by atoms with van der Waals surface area (Å²) in [4.78, 5) is 0. The molecule has 0 aromatic rings. The van der Waals surface area contributed by atoms with Crippen LogP contribution in [0, 0.1) is 0 Å². The molecule has 0 aliphatic heterocycles. The molecule has 0 aliphatic rings. The van der Waals surface area contributed by atoms with Gasteiger partial charge in [0, 0.05) is 7.26 Å². The van der Waals surface area contributed by atoms with Crippen molar-refractivity contribution in [1.82, 2.24) is 0 Å². The van der Waals surface area contributed by atoms with E-state index in [0.717, 1.165) is 0 Å². The summed E-state index contributed by atoms with van der Waals surface area (Å²) in [6.07, 6.45) is 25.4. The van der Waals surface area contributed by atoms with Gasteiger partial charge in [-0.1, -0.05) is 79.1 Å². The monoisotopic (exact) mass is 474 g/mol. The zero-order valence-corrected chi connectivity index (χ0v) is 21.0. The first-order valence-electron chi connectivity index (χ1n) is 11.6. The molecule has 0 heterocycles. The van der Waals surface area contributed by atoms with Crippen LogP contribution in [0.25, 0.3) is 0 Å². The summed E-state index contributed by atoms with van der Waals surface area (Å²) in [5, 5.41) is 0. The molecule has 0 N–H and O–H groups in total. The van der Waals surface area contributed by atoms with E-state index in [0.29, 0.717) is 0 Å². The van der Waals surface area contributed by atoms with E-state index in [-0.39, 0.29) is 0 Å². The molecule has 0 unspecified atom stereocenters. The second-order valence-electron chi connectivity index (χ2n) is 8.38.